The van der Waals surface area contributed by atoms with Crippen molar-refractivity contribution in [2.45, 2.75) is 13.0 Å². The molecule has 1 saturated heterocycles. The van der Waals surface area contributed by atoms with E-state index in [1.165, 1.54) is 0 Å². The van der Waals surface area contributed by atoms with Gasteiger partial charge in [0, 0.05) is 24.5 Å². The number of alkyl halides is 1. The van der Waals surface area contributed by atoms with E-state index in [-0.39, 0.29) is 0 Å². The third kappa shape index (κ3) is 2.22. The van der Waals surface area contributed by atoms with E-state index in [1.54, 1.807) is 0 Å². The van der Waals surface area contributed by atoms with Crippen LogP contribution in [-0.2, 0) is 4.74 Å². The molecule has 0 amide bonds. The van der Waals surface area contributed by atoms with E-state index in [0.29, 0.717) is 6.04 Å². The molecule has 0 aromatic heterocycles. The van der Waals surface area contributed by atoms with Crippen molar-refractivity contribution >= 4 is 15.9 Å². The average Bonchev–Trinajstić information content (AvgIpc) is 1.94. The molecule has 0 aromatic rings. The average molecular weight is 208 g/mol. The predicted molar refractivity (Wildman–Crippen MR) is 45.6 cm³/mol. The number of halogens is 1. The smallest absolute Gasteiger partial charge is 0.0619 e. The van der Waals surface area contributed by atoms with Crippen molar-refractivity contribution in [3.05, 3.63) is 0 Å². The summed E-state index contributed by atoms with van der Waals surface area (Å²) in [6.07, 6.45) is 0. The summed E-state index contributed by atoms with van der Waals surface area (Å²) in [6, 6.07) is 0.603. The summed E-state index contributed by atoms with van der Waals surface area (Å²) >= 11 is 3.43. The number of hydrogen-bond acceptors (Lipinski definition) is 2. The molecule has 1 atom stereocenters. The van der Waals surface area contributed by atoms with E-state index in [2.05, 4.69) is 27.8 Å². The van der Waals surface area contributed by atoms with Crippen molar-refractivity contribution in [1.29, 1.82) is 0 Å². The molecular weight excluding hydrogens is 194 g/mol. The Morgan fingerprint density at radius 1 is 1.70 bits per heavy atom. The topological polar surface area (TPSA) is 12.5 Å². The largest absolute Gasteiger partial charge is 0.379 e. The Morgan fingerprint density at radius 2 is 2.50 bits per heavy atom. The fourth-order valence-corrected chi connectivity index (χ4v) is 1.66. The van der Waals surface area contributed by atoms with Crippen LogP contribution in [0.5, 0.6) is 0 Å². The molecule has 0 unspecified atom stereocenters. The van der Waals surface area contributed by atoms with Crippen LogP contribution in [0.1, 0.15) is 6.92 Å². The van der Waals surface area contributed by atoms with E-state index in [9.17, 15) is 0 Å². The van der Waals surface area contributed by atoms with Gasteiger partial charge in [0.1, 0.15) is 0 Å². The molecule has 0 N–H and O–H groups in total. The molecule has 0 radical (unpaired) electrons. The van der Waals surface area contributed by atoms with E-state index < -0.39 is 0 Å². The van der Waals surface area contributed by atoms with E-state index in [1.807, 2.05) is 0 Å². The molecule has 1 heterocycles. The molecule has 0 aromatic carbocycles. The van der Waals surface area contributed by atoms with Crippen molar-refractivity contribution in [3.8, 4) is 0 Å². The third-order valence-electron chi connectivity index (χ3n) is 1.88. The normalized spacial score (nSPS) is 28.8. The Morgan fingerprint density at radius 3 is 3.10 bits per heavy atom. The first kappa shape index (κ1) is 8.50. The van der Waals surface area contributed by atoms with Gasteiger partial charge in [-0.25, -0.2) is 0 Å². The maximum atomic E-state index is 5.30. The van der Waals surface area contributed by atoms with Crippen LogP contribution in [0.3, 0.4) is 0 Å². The summed E-state index contributed by atoms with van der Waals surface area (Å²) in [5, 5.41) is 1.07. The highest BCUT2D eigenvalue weighted by Gasteiger charge is 2.16. The van der Waals surface area contributed by atoms with Gasteiger partial charge in [-0.15, -0.1) is 0 Å². The van der Waals surface area contributed by atoms with Gasteiger partial charge in [0.25, 0.3) is 0 Å². The Bertz CT molecular complexity index is 97.6. The van der Waals surface area contributed by atoms with Gasteiger partial charge in [-0.1, -0.05) is 15.9 Å². The number of hydrogen-bond donors (Lipinski definition) is 0. The molecule has 10 heavy (non-hydrogen) atoms. The minimum atomic E-state index is 0.603. The van der Waals surface area contributed by atoms with Crippen LogP contribution in [0.2, 0.25) is 0 Å². The summed E-state index contributed by atoms with van der Waals surface area (Å²) in [6.45, 7) is 6.24. The van der Waals surface area contributed by atoms with Crippen LogP contribution in [0.4, 0.5) is 0 Å². The first-order valence-corrected chi connectivity index (χ1v) is 4.84. The van der Waals surface area contributed by atoms with Crippen LogP contribution in [0.25, 0.3) is 0 Å². The summed E-state index contributed by atoms with van der Waals surface area (Å²) in [4.78, 5) is 2.44. The molecule has 1 aliphatic rings. The summed E-state index contributed by atoms with van der Waals surface area (Å²) in [5.74, 6) is 0. The van der Waals surface area contributed by atoms with Crippen molar-refractivity contribution in [3.63, 3.8) is 0 Å². The lowest BCUT2D eigenvalue weighted by Gasteiger charge is -2.32. The lowest BCUT2D eigenvalue weighted by molar-refractivity contribution is 0.00311. The van der Waals surface area contributed by atoms with E-state index in [4.69, 9.17) is 4.74 Å². The van der Waals surface area contributed by atoms with Gasteiger partial charge in [-0.05, 0) is 6.92 Å². The first-order chi connectivity index (χ1) is 4.84. The Balaban J connectivity index is 2.25. The monoisotopic (exact) mass is 207 g/mol. The predicted octanol–water partition coefficient (Wildman–Crippen LogP) is 1.10. The van der Waals surface area contributed by atoms with Crippen LogP contribution in [0, 0.1) is 0 Å². The number of rotatable bonds is 2. The second-order valence-corrected chi connectivity index (χ2v) is 3.44. The highest BCUT2D eigenvalue weighted by atomic mass is 79.9. The Kier molecular flexibility index (Phi) is 3.66. The Hall–Kier alpha value is 0.400. The molecule has 2 nitrogen and oxygen atoms in total. The van der Waals surface area contributed by atoms with E-state index in [0.717, 1.165) is 31.6 Å². The molecule has 1 rings (SSSR count). The van der Waals surface area contributed by atoms with Crippen molar-refractivity contribution in [2.75, 3.05) is 31.6 Å². The summed E-state index contributed by atoms with van der Waals surface area (Å²) in [7, 11) is 0. The van der Waals surface area contributed by atoms with Gasteiger partial charge in [-0.2, -0.15) is 0 Å². The lowest BCUT2D eigenvalue weighted by Crippen LogP contribution is -2.44. The molecule has 0 saturated carbocycles. The quantitative estimate of drug-likeness (QED) is 0.630. The number of morpholine rings is 1. The van der Waals surface area contributed by atoms with Crippen molar-refractivity contribution < 1.29 is 4.74 Å². The standard InChI is InChI=1S/C7H14BrNO/c1-7-6-10-5-4-9(7)3-2-8/h7H,2-6H2,1H3/t7-/m0/s1. The molecule has 3 heteroatoms. The zero-order valence-corrected chi connectivity index (χ0v) is 7.93. The SMILES string of the molecule is C[C@H]1COCCN1CCBr. The summed E-state index contributed by atoms with van der Waals surface area (Å²) < 4.78 is 5.30. The number of ether oxygens (including phenoxy) is 1. The molecular formula is C7H14BrNO. The van der Waals surface area contributed by atoms with Crippen LogP contribution >= 0.6 is 15.9 Å². The summed E-state index contributed by atoms with van der Waals surface area (Å²) in [5.41, 5.74) is 0. The zero-order chi connectivity index (χ0) is 7.40. The fourth-order valence-electron chi connectivity index (χ4n) is 1.20. The van der Waals surface area contributed by atoms with Gasteiger partial charge >= 0.3 is 0 Å². The minimum Gasteiger partial charge on any atom is -0.379 e. The maximum Gasteiger partial charge on any atom is 0.0619 e. The maximum absolute atomic E-state index is 5.30. The molecule has 0 aliphatic carbocycles. The molecule has 1 fully saturated rings. The lowest BCUT2D eigenvalue weighted by atomic mass is 10.2. The molecule has 1 aliphatic heterocycles. The second kappa shape index (κ2) is 4.31. The van der Waals surface area contributed by atoms with Crippen LogP contribution in [0.15, 0.2) is 0 Å². The molecule has 0 spiro atoms. The minimum absolute atomic E-state index is 0.603. The van der Waals surface area contributed by atoms with Gasteiger partial charge in [0.15, 0.2) is 0 Å². The Labute approximate surface area is 70.7 Å². The molecule has 60 valence electrons. The van der Waals surface area contributed by atoms with Gasteiger partial charge in [0.2, 0.25) is 0 Å². The van der Waals surface area contributed by atoms with Gasteiger partial charge in [-0.3, -0.25) is 4.90 Å². The first-order valence-electron chi connectivity index (χ1n) is 3.72. The fraction of sp³-hybridized carbons (Fsp3) is 1.00. The van der Waals surface area contributed by atoms with Crippen molar-refractivity contribution in [1.82, 2.24) is 4.90 Å². The third-order valence-corrected chi connectivity index (χ3v) is 2.23. The molecule has 0 bridgehead atoms. The second-order valence-electron chi connectivity index (χ2n) is 2.65. The van der Waals surface area contributed by atoms with Gasteiger partial charge in [0.05, 0.1) is 13.2 Å². The van der Waals surface area contributed by atoms with E-state index >= 15 is 0 Å². The zero-order valence-electron chi connectivity index (χ0n) is 6.35. The van der Waals surface area contributed by atoms with Crippen LogP contribution < -0.4 is 0 Å². The van der Waals surface area contributed by atoms with Crippen LogP contribution in [-0.4, -0.2) is 42.6 Å². The highest BCUT2D eigenvalue weighted by molar-refractivity contribution is 9.09. The van der Waals surface area contributed by atoms with Crippen molar-refractivity contribution in [2.24, 2.45) is 0 Å². The van der Waals surface area contributed by atoms with Gasteiger partial charge < -0.3 is 4.74 Å². The highest BCUT2D eigenvalue weighted by Crippen LogP contribution is 2.05. The number of nitrogens with zero attached hydrogens (tertiary/aromatic N) is 1.